The van der Waals surface area contributed by atoms with Crippen molar-refractivity contribution < 1.29 is 14.7 Å². The Morgan fingerprint density at radius 2 is 1.76 bits per heavy atom. The molecule has 0 unspecified atom stereocenters. The third-order valence-electron chi connectivity index (χ3n) is 4.74. The Kier molecular flexibility index (Phi) is 6.21. The standard InChI is InChI=1S/C15H26N2O3S/c18-13(19)15(6-2-1-3-7-15)11-17-14(20)16-10-12-4-8-21-9-5-12/h12H,1-11H2,(H,18,19)(H2,16,17,20). The van der Waals surface area contributed by atoms with Gasteiger partial charge in [-0.05, 0) is 43.1 Å². The number of nitrogens with one attached hydrogen (secondary N) is 2. The maximum atomic E-state index is 11.9. The summed E-state index contributed by atoms with van der Waals surface area (Å²) in [5, 5.41) is 15.1. The molecule has 3 N–H and O–H groups in total. The predicted octanol–water partition coefficient (Wildman–Crippen LogP) is 2.46. The Labute approximate surface area is 130 Å². The highest BCUT2D eigenvalue weighted by molar-refractivity contribution is 7.99. The lowest BCUT2D eigenvalue weighted by molar-refractivity contribution is -0.150. The molecule has 2 rings (SSSR count). The molecular weight excluding hydrogens is 288 g/mol. The highest BCUT2D eigenvalue weighted by Crippen LogP contribution is 2.35. The van der Waals surface area contributed by atoms with Gasteiger partial charge in [-0.2, -0.15) is 11.8 Å². The Hall–Kier alpha value is -0.910. The lowest BCUT2D eigenvalue weighted by Gasteiger charge is -2.33. The number of carbonyl (C=O) groups is 2. The average Bonchev–Trinajstić information content (AvgIpc) is 2.52. The molecule has 0 spiro atoms. The fourth-order valence-corrected chi connectivity index (χ4v) is 4.40. The van der Waals surface area contributed by atoms with Crippen molar-refractivity contribution in [3.8, 4) is 0 Å². The minimum Gasteiger partial charge on any atom is -0.481 e. The van der Waals surface area contributed by atoms with E-state index in [-0.39, 0.29) is 12.6 Å². The molecule has 0 aromatic carbocycles. The lowest BCUT2D eigenvalue weighted by atomic mass is 9.74. The zero-order valence-electron chi connectivity index (χ0n) is 12.5. The first-order chi connectivity index (χ1) is 10.1. The molecule has 0 radical (unpaired) electrons. The van der Waals surface area contributed by atoms with Crippen LogP contribution in [0, 0.1) is 11.3 Å². The molecular formula is C15H26N2O3S. The van der Waals surface area contributed by atoms with E-state index in [0.717, 1.165) is 32.1 Å². The third kappa shape index (κ3) is 4.80. The third-order valence-corrected chi connectivity index (χ3v) is 5.79. The van der Waals surface area contributed by atoms with E-state index in [1.54, 1.807) is 0 Å². The maximum Gasteiger partial charge on any atom is 0.314 e. The Morgan fingerprint density at radius 3 is 2.38 bits per heavy atom. The fourth-order valence-electron chi connectivity index (χ4n) is 3.19. The van der Waals surface area contributed by atoms with E-state index >= 15 is 0 Å². The van der Waals surface area contributed by atoms with Crippen LogP contribution in [0.4, 0.5) is 4.79 Å². The SMILES string of the molecule is O=C(NCC1CCSCC1)NCC1(C(=O)O)CCCCC1. The summed E-state index contributed by atoms with van der Waals surface area (Å²) in [4.78, 5) is 23.4. The van der Waals surface area contributed by atoms with Gasteiger partial charge in [-0.1, -0.05) is 19.3 Å². The van der Waals surface area contributed by atoms with Crippen molar-refractivity contribution in [1.82, 2.24) is 10.6 Å². The summed E-state index contributed by atoms with van der Waals surface area (Å²) in [6, 6.07) is -0.223. The van der Waals surface area contributed by atoms with Crippen molar-refractivity contribution in [1.29, 1.82) is 0 Å². The predicted molar refractivity (Wildman–Crippen MR) is 84.6 cm³/mol. The summed E-state index contributed by atoms with van der Waals surface area (Å²) in [5.74, 6) is 2.15. The monoisotopic (exact) mass is 314 g/mol. The zero-order valence-corrected chi connectivity index (χ0v) is 13.3. The van der Waals surface area contributed by atoms with Gasteiger partial charge in [-0.25, -0.2) is 4.79 Å². The van der Waals surface area contributed by atoms with Crippen molar-refractivity contribution in [3.63, 3.8) is 0 Å². The van der Waals surface area contributed by atoms with E-state index in [1.165, 1.54) is 11.5 Å². The van der Waals surface area contributed by atoms with Crippen LogP contribution in [0.1, 0.15) is 44.9 Å². The highest BCUT2D eigenvalue weighted by atomic mass is 32.2. The Morgan fingerprint density at radius 1 is 1.10 bits per heavy atom. The molecule has 0 aromatic rings. The van der Waals surface area contributed by atoms with Crippen LogP contribution in [0.25, 0.3) is 0 Å². The van der Waals surface area contributed by atoms with Crippen molar-refractivity contribution in [3.05, 3.63) is 0 Å². The molecule has 2 fully saturated rings. The van der Waals surface area contributed by atoms with Gasteiger partial charge in [0, 0.05) is 13.1 Å². The fraction of sp³-hybridized carbons (Fsp3) is 0.867. The van der Waals surface area contributed by atoms with Gasteiger partial charge < -0.3 is 15.7 Å². The van der Waals surface area contributed by atoms with E-state index in [4.69, 9.17) is 0 Å². The number of amides is 2. The van der Waals surface area contributed by atoms with Crippen LogP contribution in [0.3, 0.4) is 0 Å². The molecule has 5 nitrogen and oxygen atoms in total. The Bertz CT molecular complexity index is 364. The molecule has 0 atom stereocenters. The summed E-state index contributed by atoms with van der Waals surface area (Å²) < 4.78 is 0. The van der Waals surface area contributed by atoms with Crippen LogP contribution in [0.15, 0.2) is 0 Å². The molecule has 0 aromatic heterocycles. The number of rotatable bonds is 5. The first kappa shape index (κ1) is 16.5. The summed E-state index contributed by atoms with van der Waals surface area (Å²) in [6.07, 6.45) is 6.63. The van der Waals surface area contributed by atoms with E-state index in [2.05, 4.69) is 10.6 Å². The molecule has 1 saturated carbocycles. The van der Waals surface area contributed by atoms with E-state index in [0.29, 0.717) is 25.3 Å². The van der Waals surface area contributed by atoms with Crippen molar-refractivity contribution in [2.45, 2.75) is 44.9 Å². The summed E-state index contributed by atoms with van der Waals surface area (Å²) in [5.41, 5.74) is -0.753. The van der Waals surface area contributed by atoms with Gasteiger partial charge in [-0.3, -0.25) is 4.79 Å². The number of hydrogen-bond donors (Lipinski definition) is 3. The zero-order chi connectivity index (χ0) is 15.1. The number of aliphatic carboxylic acids is 1. The molecule has 1 heterocycles. The average molecular weight is 314 g/mol. The first-order valence-electron chi connectivity index (χ1n) is 7.95. The summed E-state index contributed by atoms with van der Waals surface area (Å²) in [7, 11) is 0. The first-order valence-corrected chi connectivity index (χ1v) is 9.11. The molecule has 1 aliphatic heterocycles. The van der Waals surface area contributed by atoms with Crippen LogP contribution in [0.2, 0.25) is 0 Å². The van der Waals surface area contributed by atoms with Crippen molar-refractivity contribution in [2.75, 3.05) is 24.6 Å². The van der Waals surface area contributed by atoms with Gasteiger partial charge >= 0.3 is 12.0 Å². The molecule has 1 saturated heterocycles. The topological polar surface area (TPSA) is 78.4 Å². The molecule has 21 heavy (non-hydrogen) atoms. The minimum atomic E-state index is -0.771. The number of carboxylic acid groups (broad SMARTS) is 1. The number of carboxylic acids is 1. The molecule has 0 bridgehead atoms. The van der Waals surface area contributed by atoms with Crippen molar-refractivity contribution in [2.24, 2.45) is 11.3 Å². The normalized spacial score (nSPS) is 22.5. The van der Waals surface area contributed by atoms with Crippen LogP contribution < -0.4 is 10.6 Å². The van der Waals surface area contributed by atoms with Gasteiger partial charge in [0.1, 0.15) is 0 Å². The number of carbonyl (C=O) groups excluding carboxylic acids is 1. The van der Waals surface area contributed by atoms with Crippen LogP contribution in [-0.4, -0.2) is 41.7 Å². The molecule has 6 heteroatoms. The second kappa shape index (κ2) is 7.92. The van der Waals surface area contributed by atoms with E-state index in [1.807, 2.05) is 11.8 Å². The van der Waals surface area contributed by atoms with Gasteiger partial charge in [-0.15, -0.1) is 0 Å². The van der Waals surface area contributed by atoms with Crippen molar-refractivity contribution >= 4 is 23.8 Å². The van der Waals surface area contributed by atoms with Crippen LogP contribution in [0.5, 0.6) is 0 Å². The number of thioether (sulfide) groups is 1. The molecule has 2 aliphatic rings. The molecule has 120 valence electrons. The Balaban J connectivity index is 1.72. The summed E-state index contributed by atoms with van der Waals surface area (Å²) >= 11 is 1.97. The quantitative estimate of drug-likeness (QED) is 0.728. The lowest BCUT2D eigenvalue weighted by Crippen LogP contribution is -2.48. The second-order valence-electron chi connectivity index (χ2n) is 6.27. The second-order valence-corrected chi connectivity index (χ2v) is 7.49. The van der Waals surface area contributed by atoms with Crippen LogP contribution in [-0.2, 0) is 4.79 Å². The minimum absolute atomic E-state index is 0.223. The molecule has 1 aliphatic carbocycles. The van der Waals surface area contributed by atoms with Gasteiger partial charge in [0.05, 0.1) is 5.41 Å². The van der Waals surface area contributed by atoms with E-state index < -0.39 is 11.4 Å². The maximum absolute atomic E-state index is 11.9. The van der Waals surface area contributed by atoms with Gasteiger partial charge in [0.25, 0.3) is 0 Å². The largest absolute Gasteiger partial charge is 0.481 e. The number of hydrogen-bond acceptors (Lipinski definition) is 3. The summed E-state index contributed by atoms with van der Waals surface area (Å²) in [6.45, 7) is 0.946. The van der Waals surface area contributed by atoms with Crippen LogP contribution >= 0.6 is 11.8 Å². The van der Waals surface area contributed by atoms with Gasteiger partial charge in [0.2, 0.25) is 0 Å². The molecule has 2 amide bonds. The van der Waals surface area contributed by atoms with E-state index in [9.17, 15) is 14.7 Å². The smallest absolute Gasteiger partial charge is 0.314 e. The highest BCUT2D eigenvalue weighted by Gasteiger charge is 2.39. The number of urea groups is 1. The van der Waals surface area contributed by atoms with Gasteiger partial charge in [0.15, 0.2) is 0 Å².